The standard InChI is InChI=1S/C12H23N3O3/c1-10(11(16)17)4-3-5-13-12(18)15-8-6-14(2)7-9-15/h10H,3-9H2,1-2H3,(H,13,18)(H,16,17). The van der Waals surface area contributed by atoms with E-state index >= 15 is 0 Å². The number of aliphatic carboxylic acids is 1. The van der Waals surface area contributed by atoms with Crippen LogP contribution in [0.2, 0.25) is 0 Å². The first-order valence-electron chi connectivity index (χ1n) is 6.45. The zero-order valence-corrected chi connectivity index (χ0v) is 11.2. The Morgan fingerprint density at radius 1 is 1.28 bits per heavy atom. The van der Waals surface area contributed by atoms with Gasteiger partial charge in [0.05, 0.1) is 5.92 Å². The van der Waals surface area contributed by atoms with Gasteiger partial charge in [-0.05, 0) is 19.9 Å². The second kappa shape index (κ2) is 7.20. The Morgan fingerprint density at radius 3 is 2.44 bits per heavy atom. The highest BCUT2D eigenvalue weighted by molar-refractivity contribution is 5.74. The normalized spacial score (nSPS) is 18.4. The summed E-state index contributed by atoms with van der Waals surface area (Å²) < 4.78 is 0. The molecule has 1 fully saturated rings. The van der Waals surface area contributed by atoms with Gasteiger partial charge in [0, 0.05) is 32.7 Å². The van der Waals surface area contributed by atoms with Crippen LogP contribution in [0.3, 0.4) is 0 Å². The van der Waals surface area contributed by atoms with Gasteiger partial charge in [-0.25, -0.2) is 4.79 Å². The van der Waals surface area contributed by atoms with Crippen molar-refractivity contribution in [2.75, 3.05) is 39.8 Å². The predicted octanol–water partition coefficient (Wildman–Crippen LogP) is 0.444. The van der Waals surface area contributed by atoms with Crippen LogP contribution in [0.15, 0.2) is 0 Å². The minimum Gasteiger partial charge on any atom is -0.481 e. The summed E-state index contributed by atoms with van der Waals surface area (Å²) in [7, 11) is 2.04. The van der Waals surface area contributed by atoms with Crippen molar-refractivity contribution in [3.05, 3.63) is 0 Å². The van der Waals surface area contributed by atoms with E-state index in [-0.39, 0.29) is 11.9 Å². The first kappa shape index (κ1) is 14.8. The summed E-state index contributed by atoms with van der Waals surface area (Å²) >= 11 is 0. The van der Waals surface area contributed by atoms with E-state index in [2.05, 4.69) is 10.2 Å². The van der Waals surface area contributed by atoms with Crippen LogP contribution >= 0.6 is 0 Å². The number of carbonyl (C=O) groups is 2. The Bertz CT molecular complexity index is 288. The molecule has 0 aliphatic carbocycles. The van der Waals surface area contributed by atoms with Gasteiger partial charge in [-0.1, -0.05) is 6.92 Å². The largest absolute Gasteiger partial charge is 0.481 e. The lowest BCUT2D eigenvalue weighted by Gasteiger charge is -2.32. The summed E-state index contributed by atoms with van der Waals surface area (Å²) in [5.74, 6) is -1.12. The number of nitrogens with zero attached hydrogens (tertiary/aromatic N) is 2. The summed E-state index contributed by atoms with van der Waals surface area (Å²) in [6, 6.07) is -0.0360. The van der Waals surface area contributed by atoms with Crippen LogP contribution in [-0.4, -0.2) is 66.7 Å². The molecule has 1 saturated heterocycles. The van der Waals surface area contributed by atoms with E-state index in [0.717, 1.165) is 26.2 Å². The van der Waals surface area contributed by atoms with Crippen LogP contribution in [-0.2, 0) is 4.79 Å². The fraction of sp³-hybridized carbons (Fsp3) is 0.833. The van der Waals surface area contributed by atoms with Crippen molar-refractivity contribution in [3.63, 3.8) is 0 Å². The molecule has 6 nitrogen and oxygen atoms in total. The molecule has 0 spiro atoms. The van der Waals surface area contributed by atoms with Crippen LogP contribution in [0.25, 0.3) is 0 Å². The maximum atomic E-state index is 11.8. The molecule has 1 aliphatic heterocycles. The highest BCUT2D eigenvalue weighted by atomic mass is 16.4. The molecular weight excluding hydrogens is 234 g/mol. The van der Waals surface area contributed by atoms with Crippen molar-refractivity contribution in [2.24, 2.45) is 5.92 Å². The van der Waals surface area contributed by atoms with E-state index < -0.39 is 5.97 Å². The molecule has 6 heteroatoms. The van der Waals surface area contributed by atoms with Gasteiger partial charge >= 0.3 is 12.0 Å². The number of urea groups is 1. The molecule has 2 amide bonds. The van der Waals surface area contributed by atoms with Crippen molar-refractivity contribution in [2.45, 2.75) is 19.8 Å². The maximum absolute atomic E-state index is 11.8. The lowest BCUT2D eigenvalue weighted by Crippen LogP contribution is -2.50. The fourth-order valence-electron chi connectivity index (χ4n) is 1.85. The molecule has 1 heterocycles. The zero-order chi connectivity index (χ0) is 13.5. The Morgan fingerprint density at radius 2 is 1.89 bits per heavy atom. The molecule has 1 aliphatic rings. The second-order valence-electron chi connectivity index (χ2n) is 4.90. The molecule has 1 unspecified atom stereocenters. The predicted molar refractivity (Wildman–Crippen MR) is 68.5 cm³/mol. The van der Waals surface area contributed by atoms with Crippen LogP contribution in [0.4, 0.5) is 4.79 Å². The van der Waals surface area contributed by atoms with Gasteiger partial charge in [0.1, 0.15) is 0 Å². The van der Waals surface area contributed by atoms with Gasteiger partial charge in [0.25, 0.3) is 0 Å². The number of likely N-dealkylation sites (N-methyl/N-ethyl adjacent to an activating group) is 1. The zero-order valence-electron chi connectivity index (χ0n) is 11.2. The molecule has 104 valence electrons. The van der Waals surface area contributed by atoms with Crippen LogP contribution in [0.1, 0.15) is 19.8 Å². The molecule has 1 rings (SSSR count). The molecule has 0 aromatic heterocycles. The number of carboxylic acids is 1. The minimum absolute atomic E-state index is 0.0360. The van der Waals surface area contributed by atoms with Gasteiger partial charge in [-0.3, -0.25) is 4.79 Å². The maximum Gasteiger partial charge on any atom is 0.317 e. The van der Waals surface area contributed by atoms with E-state index in [1.165, 1.54) is 0 Å². The third kappa shape index (κ3) is 4.91. The van der Waals surface area contributed by atoms with Gasteiger partial charge in [0.2, 0.25) is 0 Å². The second-order valence-corrected chi connectivity index (χ2v) is 4.90. The number of hydrogen-bond donors (Lipinski definition) is 2. The third-order valence-corrected chi connectivity index (χ3v) is 3.30. The Kier molecular flexibility index (Phi) is 5.91. The molecular formula is C12H23N3O3. The number of carbonyl (C=O) groups excluding carboxylic acids is 1. The lowest BCUT2D eigenvalue weighted by molar-refractivity contribution is -0.141. The van der Waals surface area contributed by atoms with Crippen molar-refractivity contribution in [3.8, 4) is 0 Å². The molecule has 1 atom stereocenters. The number of amides is 2. The summed E-state index contributed by atoms with van der Waals surface area (Å²) in [6.07, 6.45) is 1.30. The number of rotatable bonds is 5. The van der Waals surface area contributed by atoms with Gasteiger partial charge < -0.3 is 20.2 Å². The van der Waals surface area contributed by atoms with Crippen LogP contribution in [0, 0.1) is 5.92 Å². The van der Waals surface area contributed by atoms with Crippen molar-refractivity contribution in [1.29, 1.82) is 0 Å². The number of piperazine rings is 1. The molecule has 0 aromatic carbocycles. The van der Waals surface area contributed by atoms with Crippen LogP contribution < -0.4 is 5.32 Å². The number of hydrogen-bond acceptors (Lipinski definition) is 3. The van der Waals surface area contributed by atoms with E-state index in [4.69, 9.17) is 5.11 Å². The summed E-state index contributed by atoms with van der Waals surface area (Å²) in [6.45, 7) is 5.56. The molecule has 2 N–H and O–H groups in total. The van der Waals surface area contributed by atoms with Crippen molar-refractivity contribution in [1.82, 2.24) is 15.1 Å². The van der Waals surface area contributed by atoms with Gasteiger partial charge in [-0.15, -0.1) is 0 Å². The Labute approximate surface area is 108 Å². The van der Waals surface area contributed by atoms with E-state index in [1.54, 1.807) is 11.8 Å². The Hall–Kier alpha value is -1.30. The average molecular weight is 257 g/mol. The number of nitrogens with one attached hydrogen (secondary N) is 1. The van der Waals surface area contributed by atoms with Gasteiger partial charge in [-0.2, -0.15) is 0 Å². The molecule has 0 bridgehead atoms. The molecule has 0 radical (unpaired) electrons. The summed E-state index contributed by atoms with van der Waals surface area (Å²) in [4.78, 5) is 26.4. The SMILES string of the molecule is CC(CCCNC(=O)N1CCN(C)CC1)C(=O)O. The van der Waals surface area contributed by atoms with E-state index in [1.807, 2.05) is 7.05 Å². The average Bonchev–Trinajstić information content (AvgIpc) is 2.34. The highest BCUT2D eigenvalue weighted by Gasteiger charge is 2.18. The molecule has 0 saturated carbocycles. The highest BCUT2D eigenvalue weighted by Crippen LogP contribution is 2.04. The minimum atomic E-state index is -0.777. The van der Waals surface area contributed by atoms with E-state index in [9.17, 15) is 9.59 Å². The third-order valence-electron chi connectivity index (χ3n) is 3.30. The Balaban J connectivity index is 2.12. The van der Waals surface area contributed by atoms with Gasteiger partial charge in [0.15, 0.2) is 0 Å². The quantitative estimate of drug-likeness (QED) is 0.701. The number of carboxylic acid groups (broad SMARTS) is 1. The van der Waals surface area contributed by atoms with E-state index in [0.29, 0.717) is 19.4 Å². The molecule has 18 heavy (non-hydrogen) atoms. The van der Waals surface area contributed by atoms with Crippen molar-refractivity contribution < 1.29 is 14.7 Å². The monoisotopic (exact) mass is 257 g/mol. The van der Waals surface area contributed by atoms with Crippen LogP contribution in [0.5, 0.6) is 0 Å². The first-order valence-corrected chi connectivity index (χ1v) is 6.45. The smallest absolute Gasteiger partial charge is 0.317 e. The lowest BCUT2D eigenvalue weighted by atomic mass is 10.1. The summed E-state index contributed by atoms with van der Waals surface area (Å²) in [5, 5.41) is 11.6. The molecule has 0 aromatic rings. The van der Waals surface area contributed by atoms with Crippen molar-refractivity contribution >= 4 is 12.0 Å². The first-order chi connectivity index (χ1) is 8.50. The fourth-order valence-corrected chi connectivity index (χ4v) is 1.85. The summed E-state index contributed by atoms with van der Waals surface area (Å²) in [5.41, 5.74) is 0. The topological polar surface area (TPSA) is 72.9 Å².